The van der Waals surface area contributed by atoms with Crippen LogP contribution in [0.5, 0.6) is 0 Å². The molecule has 0 aliphatic heterocycles. The summed E-state index contributed by atoms with van der Waals surface area (Å²) in [5.74, 6) is -2.61. The van der Waals surface area contributed by atoms with Gasteiger partial charge in [0.15, 0.2) is 0 Å². The number of nitrogens with one attached hydrogen (secondary N) is 1. The summed E-state index contributed by atoms with van der Waals surface area (Å²) in [4.78, 5) is 24.7. The number of nitrogens with zero attached hydrogens (tertiary/aromatic N) is 1. The van der Waals surface area contributed by atoms with Gasteiger partial charge in [-0.05, 0) is 35.7 Å². The molecule has 4 nitrogen and oxygen atoms in total. The Bertz CT molecular complexity index is 753. The fourth-order valence-electron chi connectivity index (χ4n) is 2.39. The van der Waals surface area contributed by atoms with Gasteiger partial charge in [-0.1, -0.05) is 32.0 Å². The number of amides is 2. The lowest BCUT2D eigenvalue weighted by atomic mass is 10.0. The molecule has 132 valence electrons. The number of hydrogen-bond acceptors (Lipinski definition) is 2. The van der Waals surface area contributed by atoms with Crippen molar-refractivity contribution >= 4 is 23.2 Å². The standard InChI is InChI=1S/C19H20F2N2O2/c1-12(2)14-7-9-15(10-8-14)22-18(25)11-23(13(3)24)19-16(20)5-4-6-17(19)21/h4-10,12H,11H2,1-3H3,(H,22,25). The predicted molar refractivity (Wildman–Crippen MR) is 93.5 cm³/mol. The third-order valence-corrected chi connectivity index (χ3v) is 3.75. The molecular formula is C19H20F2N2O2. The molecule has 0 fully saturated rings. The maximum absolute atomic E-state index is 13.9. The second-order valence-corrected chi connectivity index (χ2v) is 6.00. The molecule has 0 aromatic heterocycles. The number of hydrogen-bond donors (Lipinski definition) is 1. The highest BCUT2D eigenvalue weighted by atomic mass is 19.1. The summed E-state index contributed by atoms with van der Waals surface area (Å²) in [5.41, 5.74) is 1.14. The lowest BCUT2D eigenvalue weighted by molar-refractivity contribution is -0.120. The number of halogens is 2. The Morgan fingerprint density at radius 1 is 1.04 bits per heavy atom. The van der Waals surface area contributed by atoms with Gasteiger partial charge in [-0.15, -0.1) is 0 Å². The van der Waals surface area contributed by atoms with Gasteiger partial charge in [-0.3, -0.25) is 14.5 Å². The summed E-state index contributed by atoms with van der Waals surface area (Å²) in [6.45, 7) is 4.78. The summed E-state index contributed by atoms with van der Waals surface area (Å²) in [5, 5.41) is 2.62. The molecular weight excluding hydrogens is 326 g/mol. The van der Waals surface area contributed by atoms with Crippen LogP contribution in [0.25, 0.3) is 0 Å². The Balaban J connectivity index is 2.14. The van der Waals surface area contributed by atoms with Crippen LogP contribution in [0.2, 0.25) is 0 Å². The van der Waals surface area contributed by atoms with Gasteiger partial charge in [0.1, 0.15) is 23.9 Å². The fraction of sp³-hybridized carbons (Fsp3) is 0.263. The van der Waals surface area contributed by atoms with Gasteiger partial charge in [0.25, 0.3) is 0 Å². The number of carbonyl (C=O) groups excluding carboxylic acids is 2. The first kappa shape index (κ1) is 18.6. The first-order valence-electron chi connectivity index (χ1n) is 7.91. The number of para-hydroxylation sites is 1. The van der Waals surface area contributed by atoms with E-state index in [9.17, 15) is 18.4 Å². The molecule has 0 unspecified atom stereocenters. The minimum Gasteiger partial charge on any atom is -0.325 e. The van der Waals surface area contributed by atoms with E-state index in [0.717, 1.165) is 29.5 Å². The average Bonchev–Trinajstić information content (AvgIpc) is 2.54. The van der Waals surface area contributed by atoms with E-state index in [2.05, 4.69) is 19.2 Å². The van der Waals surface area contributed by atoms with Gasteiger partial charge in [-0.2, -0.15) is 0 Å². The molecule has 0 bridgehead atoms. The monoisotopic (exact) mass is 346 g/mol. The maximum Gasteiger partial charge on any atom is 0.244 e. The zero-order valence-corrected chi connectivity index (χ0v) is 14.3. The van der Waals surface area contributed by atoms with Crippen molar-refractivity contribution in [2.24, 2.45) is 0 Å². The highest BCUT2D eigenvalue weighted by Crippen LogP contribution is 2.23. The minimum atomic E-state index is -0.899. The third kappa shape index (κ3) is 4.62. The average molecular weight is 346 g/mol. The molecule has 2 rings (SSSR count). The van der Waals surface area contributed by atoms with E-state index in [1.807, 2.05) is 12.1 Å². The van der Waals surface area contributed by atoms with Crippen molar-refractivity contribution in [1.29, 1.82) is 0 Å². The molecule has 0 spiro atoms. The molecule has 0 saturated carbocycles. The van der Waals surface area contributed by atoms with E-state index in [1.165, 1.54) is 6.07 Å². The Labute approximate surface area is 145 Å². The molecule has 0 atom stereocenters. The van der Waals surface area contributed by atoms with Crippen molar-refractivity contribution in [3.05, 3.63) is 59.7 Å². The topological polar surface area (TPSA) is 49.4 Å². The quantitative estimate of drug-likeness (QED) is 0.887. The van der Waals surface area contributed by atoms with Crippen LogP contribution < -0.4 is 10.2 Å². The summed E-state index contributed by atoms with van der Waals surface area (Å²) in [6, 6.07) is 10.5. The molecule has 0 aliphatic carbocycles. The van der Waals surface area contributed by atoms with Gasteiger partial charge in [0.05, 0.1) is 0 Å². The molecule has 2 amide bonds. The number of rotatable bonds is 5. The highest BCUT2D eigenvalue weighted by Gasteiger charge is 2.22. The summed E-state index contributed by atoms with van der Waals surface area (Å²) in [6.07, 6.45) is 0. The van der Waals surface area contributed by atoms with Crippen molar-refractivity contribution in [2.75, 3.05) is 16.8 Å². The van der Waals surface area contributed by atoms with Crippen LogP contribution in [0.15, 0.2) is 42.5 Å². The van der Waals surface area contributed by atoms with Crippen LogP contribution in [0.3, 0.4) is 0 Å². The van der Waals surface area contributed by atoms with Crippen molar-refractivity contribution in [2.45, 2.75) is 26.7 Å². The van der Waals surface area contributed by atoms with Crippen LogP contribution in [-0.2, 0) is 9.59 Å². The smallest absolute Gasteiger partial charge is 0.244 e. The molecule has 1 N–H and O–H groups in total. The van der Waals surface area contributed by atoms with Crippen molar-refractivity contribution < 1.29 is 18.4 Å². The summed E-state index contributed by atoms with van der Waals surface area (Å²) < 4.78 is 27.8. The second-order valence-electron chi connectivity index (χ2n) is 6.00. The molecule has 25 heavy (non-hydrogen) atoms. The van der Waals surface area contributed by atoms with E-state index in [1.54, 1.807) is 12.1 Å². The van der Waals surface area contributed by atoms with Crippen LogP contribution in [0.4, 0.5) is 20.2 Å². The number of carbonyl (C=O) groups is 2. The van der Waals surface area contributed by atoms with E-state index in [4.69, 9.17) is 0 Å². The lowest BCUT2D eigenvalue weighted by Crippen LogP contribution is -2.37. The van der Waals surface area contributed by atoms with Gasteiger partial charge in [-0.25, -0.2) is 8.78 Å². The zero-order valence-electron chi connectivity index (χ0n) is 14.3. The third-order valence-electron chi connectivity index (χ3n) is 3.75. The van der Waals surface area contributed by atoms with Crippen molar-refractivity contribution in [3.63, 3.8) is 0 Å². The van der Waals surface area contributed by atoms with Gasteiger partial charge in [0, 0.05) is 12.6 Å². The van der Waals surface area contributed by atoms with E-state index >= 15 is 0 Å². The van der Waals surface area contributed by atoms with Crippen molar-refractivity contribution in [1.82, 2.24) is 0 Å². The molecule has 2 aromatic carbocycles. The van der Waals surface area contributed by atoms with Gasteiger partial charge in [0.2, 0.25) is 11.8 Å². The molecule has 6 heteroatoms. The highest BCUT2D eigenvalue weighted by molar-refractivity contribution is 6.01. The van der Waals surface area contributed by atoms with Crippen LogP contribution >= 0.6 is 0 Å². The first-order chi connectivity index (χ1) is 11.8. The van der Waals surface area contributed by atoms with Gasteiger partial charge >= 0.3 is 0 Å². The molecule has 0 saturated heterocycles. The van der Waals surface area contributed by atoms with Crippen LogP contribution in [0, 0.1) is 11.6 Å². The number of benzene rings is 2. The summed E-state index contributed by atoms with van der Waals surface area (Å²) >= 11 is 0. The lowest BCUT2D eigenvalue weighted by Gasteiger charge is -2.21. The molecule has 0 heterocycles. The van der Waals surface area contributed by atoms with Crippen LogP contribution in [0.1, 0.15) is 32.3 Å². The van der Waals surface area contributed by atoms with Crippen molar-refractivity contribution in [3.8, 4) is 0 Å². The number of anilines is 2. The van der Waals surface area contributed by atoms with E-state index in [-0.39, 0.29) is 0 Å². The summed E-state index contributed by atoms with van der Waals surface area (Å²) in [7, 11) is 0. The predicted octanol–water partition coefficient (Wildman–Crippen LogP) is 4.08. The second kappa shape index (κ2) is 7.88. The maximum atomic E-state index is 13.9. The normalized spacial score (nSPS) is 10.6. The van der Waals surface area contributed by atoms with Crippen LogP contribution in [-0.4, -0.2) is 18.4 Å². The molecule has 0 aliphatic rings. The van der Waals surface area contributed by atoms with E-state index in [0.29, 0.717) is 11.6 Å². The molecule has 0 radical (unpaired) electrons. The minimum absolute atomic E-state index is 0.363. The Morgan fingerprint density at radius 2 is 1.60 bits per heavy atom. The fourth-order valence-corrected chi connectivity index (χ4v) is 2.39. The Morgan fingerprint density at radius 3 is 2.08 bits per heavy atom. The first-order valence-corrected chi connectivity index (χ1v) is 7.91. The molecule has 2 aromatic rings. The zero-order chi connectivity index (χ0) is 18.6. The SMILES string of the molecule is CC(=O)N(CC(=O)Nc1ccc(C(C)C)cc1)c1c(F)cccc1F. The largest absolute Gasteiger partial charge is 0.325 e. The Hall–Kier alpha value is -2.76. The van der Waals surface area contributed by atoms with E-state index < -0.39 is 35.7 Å². The van der Waals surface area contributed by atoms with Gasteiger partial charge < -0.3 is 5.32 Å². The Kier molecular flexibility index (Phi) is 5.85.